The number of nitrogens with one attached hydrogen (secondary N) is 2. The summed E-state index contributed by atoms with van der Waals surface area (Å²) in [5.74, 6) is 1.03. The molecule has 0 bridgehead atoms. The standard InChI is InChI=1S/C26H32ClFN6O2.C16H12Cl2FN3O/c1-16(2)34-10-8-26(9-11-34,25(29)35)33(3)14-17-12-18-21(13-22(17)36-4)30-15-31-24(18)32-20-7-5-6-19(27)23(20)28;1-23-14-6-13-10(5-9(14)7-17)16(21-8-20-13)22-12-4-2-3-11(18)15(12)19/h5-7,12-13,15-16H,8-11,14H2,1-4H3,(H2,29,35)(H,30,31,32);2-6,8H,7H2,1H3,(H,20,21,22). The fraction of sp³-hybridized carbons (Fsp3) is 0.310. The van der Waals surface area contributed by atoms with Gasteiger partial charge in [-0.25, -0.2) is 28.7 Å². The molecule has 1 saturated heterocycles. The average Bonchev–Trinajstić information content (AvgIpc) is 3.23. The molecular formula is C42H44Cl3F2N9O3. The molecule has 0 aliphatic carbocycles. The van der Waals surface area contributed by atoms with Crippen molar-refractivity contribution >= 4 is 85.5 Å². The number of fused-ring (bicyclic) bond motifs is 2. The highest BCUT2D eigenvalue weighted by Crippen LogP contribution is 2.36. The van der Waals surface area contributed by atoms with Gasteiger partial charge in [-0.05, 0) is 70.1 Å². The first-order valence-electron chi connectivity index (χ1n) is 18.7. The Kier molecular flexibility index (Phi) is 13.9. The summed E-state index contributed by atoms with van der Waals surface area (Å²) in [6.07, 6.45) is 4.10. The molecule has 17 heteroatoms. The fourth-order valence-electron chi connectivity index (χ4n) is 7.15. The third-order valence-electron chi connectivity index (χ3n) is 10.6. The van der Waals surface area contributed by atoms with Crippen LogP contribution in [-0.4, -0.2) is 81.6 Å². The molecule has 1 aliphatic rings. The van der Waals surface area contributed by atoms with Crippen molar-refractivity contribution < 1.29 is 23.0 Å². The molecule has 310 valence electrons. The second kappa shape index (κ2) is 18.9. The summed E-state index contributed by atoms with van der Waals surface area (Å²) in [5.41, 5.74) is 8.58. The normalized spacial score (nSPS) is 14.0. The minimum Gasteiger partial charge on any atom is -0.496 e. The van der Waals surface area contributed by atoms with E-state index in [9.17, 15) is 13.6 Å². The van der Waals surface area contributed by atoms with Crippen molar-refractivity contribution in [2.45, 2.75) is 50.7 Å². The summed E-state index contributed by atoms with van der Waals surface area (Å²) < 4.78 is 39.6. The maximum absolute atomic E-state index is 14.5. The van der Waals surface area contributed by atoms with E-state index in [1.807, 2.05) is 30.1 Å². The number of anilines is 4. The molecule has 1 fully saturated rings. The van der Waals surface area contributed by atoms with E-state index < -0.39 is 17.2 Å². The number of halogens is 5. The molecule has 12 nitrogen and oxygen atoms in total. The van der Waals surface area contributed by atoms with Crippen LogP contribution in [0.5, 0.6) is 11.5 Å². The predicted molar refractivity (Wildman–Crippen MR) is 230 cm³/mol. The lowest BCUT2D eigenvalue weighted by Crippen LogP contribution is -2.61. The molecule has 0 radical (unpaired) electrons. The predicted octanol–water partition coefficient (Wildman–Crippen LogP) is 9.25. The van der Waals surface area contributed by atoms with Crippen molar-refractivity contribution in [2.75, 3.05) is 45.0 Å². The summed E-state index contributed by atoms with van der Waals surface area (Å²) in [5, 5.41) is 7.43. The van der Waals surface area contributed by atoms with Crippen LogP contribution in [0.1, 0.15) is 37.8 Å². The number of likely N-dealkylation sites (N-methyl/N-ethyl adjacent to an activating group) is 1. The highest BCUT2D eigenvalue weighted by Gasteiger charge is 2.44. The maximum Gasteiger partial charge on any atom is 0.238 e. The number of ether oxygens (including phenoxy) is 2. The summed E-state index contributed by atoms with van der Waals surface area (Å²) in [6, 6.07) is 17.2. The number of alkyl halides is 1. The van der Waals surface area contributed by atoms with E-state index in [1.54, 1.807) is 44.6 Å². The van der Waals surface area contributed by atoms with E-state index >= 15 is 0 Å². The van der Waals surface area contributed by atoms with Crippen LogP contribution in [0, 0.1) is 11.6 Å². The number of nitrogens with zero attached hydrogens (tertiary/aromatic N) is 6. The third-order valence-corrected chi connectivity index (χ3v) is 11.5. The number of methoxy groups -OCH3 is 2. The Morgan fingerprint density at radius 1 is 0.831 bits per heavy atom. The molecular weight excluding hydrogens is 823 g/mol. The fourth-order valence-corrected chi connectivity index (χ4v) is 7.71. The Labute approximate surface area is 356 Å². The largest absolute Gasteiger partial charge is 0.496 e. The molecule has 6 aromatic rings. The highest BCUT2D eigenvalue weighted by atomic mass is 35.5. The maximum atomic E-state index is 14.5. The first kappa shape index (κ1) is 43.5. The lowest BCUT2D eigenvalue weighted by Gasteiger charge is -2.46. The molecule has 4 N–H and O–H groups in total. The Balaban J connectivity index is 0.000000219. The van der Waals surface area contributed by atoms with Gasteiger partial charge in [-0.2, -0.15) is 0 Å². The van der Waals surface area contributed by atoms with Crippen molar-refractivity contribution in [3.8, 4) is 11.5 Å². The van der Waals surface area contributed by atoms with Crippen molar-refractivity contribution in [2.24, 2.45) is 5.73 Å². The van der Waals surface area contributed by atoms with Gasteiger partial charge in [0.2, 0.25) is 5.91 Å². The molecule has 4 aromatic carbocycles. The number of aromatic nitrogens is 4. The summed E-state index contributed by atoms with van der Waals surface area (Å²) in [4.78, 5) is 34.2. The van der Waals surface area contributed by atoms with E-state index in [4.69, 9.17) is 50.0 Å². The van der Waals surface area contributed by atoms with Crippen LogP contribution in [-0.2, 0) is 17.2 Å². The van der Waals surface area contributed by atoms with E-state index in [1.165, 1.54) is 24.8 Å². The Morgan fingerprint density at radius 3 is 1.75 bits per heavy atom. The lowest BCUT2D eigenvalue weighted by molar-refractivity contribution is -0.133. The van der Waals surface area contributed by atoms with Crippen molar-refractivity contribution in [1.29, 1.82) is 0 Å². The van der Waals surface area contributed by atoms with Gasteiger partial charge in [0.25, 0.3) is 0 Å². The topological polar surface area (TPSA) is 144 Å². The van der Waals surface area contributed by atoms with Crippen LogP contribution in [0.3, 0.4) is 0 Å². The van der Waals surface area contributed by atoms with E-state index in [0.717, 1.165) is 24.2 Å². The number of benzene rings is 4. The zero-order valence-corrected chi connectivity index (χ0v) is 35.4. The molecule has 1 aliphatic heterocycles. The molecule has 2 aromatic heterocycles. The Morgan fingerprint density at radius 2 is 1.31 bits per heavy atom. The number of primary amides is 1. The van der Waals surface area contributed by atoms with Crippen LogP contribution >= 0.6 is 34.8 Å². The Bertz CT molecular complexity index is 2470. The van der Waals surface area contributed by atoms with Gasteiger partial charge in [0.05, 0.1) is 52.6 Å². The van der Waals surface area contributed by atoms with Gasteiger partial charge in [0.1, 0.15) is 41.3 Å². The summed E-state index contributed by atoms with van der Waals surface area (Å²) >= 11 is 17.7. The zero-order valence-electron chi connectivity index (χ0n) is 33.1. The second-order valence-corrected chi connectivity index (χ2v) is 15.4. The van der Waals surface area contributed by atoms with Gasteiger partial charge in [0.15, 0.2) is 11.6 Å². The van der Waals surface area contributed by atoms with Crippen molar-refractivity contribution in [3.05, 3.63) is 106 Å². The zero-order chi connectivity index (χ0) is 42.4. The number of nitrogens with two attached hydrogens (primary N) is 1. The van der Waals surface area contributed by atoms with Gasteiger partial charge >= 0.3 is 0 Å². The number of piperidine rings is 1. The number of hydrogen-bond acceptors (Lipinski definition) is 11. The molecule has 0 saturated carbocycles. The number of hydrogen-bond donors (Lipinski definition) is 3. The smallest absolute Gasteiger partial charge is 0.238 e. The van der Waals surface area contributed by atoms with Gasteiger partial charge in [-0.15, -0.1) is 11.6 Å². The first-order chi connectivity index (χ1) is 28.3. The number of carbonyl (C=O) groups excluding carboxylic acids is 1. The van der Waals surface area contributed by atoms with Crippen LogP contribution < -0.4 is 25.8 Å². The SMILES string of the molecule is COc1cc2ncnc(Nc3cccc(Cl)c3F)c2cc1CCl.COc1cc2ncnc(Nc3cccc(Cl)c3F)c2cc1CN(C)C1(C(N)=O)CCN(C(C)C)CC1. The van der Waals surface area contributed by atoms with Crippen LogP contribution in [0.2, 0.25) is 10.0 Å². The molecule has 0 spiro atoms. The van der Waals surface area contributed by atoms with E-state index in [-0.39, 0.29) is 33.2 Å². The lowest BCUT2D eigenvalue weighted by atomic mass is 9.84. The van der Waals surface area contributed by atoms with Gasteiger partial charge in [0, 0.05) is 59.7 Å². The minimum atomic E-state index is -0.760. The summed E-state index contributed by atoms with van der Waals surface area (Å²) in [7, 11) is 5.08. The van der Waals surface area contributed by atoms with Gasteiger partial charge < -0.3 is 30.7 Å². The van der Waals surface area contributed by atoms with Crippen LogP contribution in [0.15, 0.2) is 73.3 Å². The van der Waals surface area contributed by atoms with E-state index in [0.29, 0.717) is 70.4 Å². The quantitative estimate of drug-likeness (QED) is 0.101. The van der Waals surface area contributed by atoms with Crippen LogP contribution in [0.4, 0.5) is 31.8 Å². The minimum absolute atomic E-state index is 0.0163. The molecule has 7 rings (SSSR count). The number of amides is 1. The van der Waals surface area contributed by atoms with Crippen molar-refractivity contribution in [3.63, 3.8) is 0 Å². The number of likely N-dealkylation sites (tertiary alicyclic amines) is 1. The number of rotatable bonds is 12. The monoisotopic (exact) mass is 865 g/mol. The Hall–Kier alpha value is -5.12. The molecule has 0 unspecified atom stereocenters. The van der Waals surface area contributed by atoms with Crippen LogP contribution in [0.25, 0.3) is 21.8 Å². The third kappa shape index (κ3) is 9.37. The highest BCUT2D eigenvalue weighted by molar-refractivity contribution is 6.31. The second-order valence-electron chi connectivity index (χ2n) is 14.3. The molecule has 59 heavy (non-hydrogen) atoms. The molecule has 3 heterocycles. The average molecular weight is 867 g/mol. The summed E-state index contributed by atoms with van der Waals surface area (Å²) in [6.45, 7) is 6.33. The van der Waals surface area contributed by atoms with Gasteiger partial charge in [-0.1, -0.05) is 35.3 Å². The molecule has 1 amide bonds. The van der Waals surface area contributed by atoms with Gasteiger partial charge in [-0.3, -0.25) is 9.69 Å². The van der Waals surface area contributed by atoms with E-state index in [2.05, 4.69) is 49.3 Å². The molecule has 0 atom stereocenters. The number of carbonyl (C=O) groups is 1. The first-order valence-corrected chi connectivity index (χ1v) is 20.0. The van der Waals surface area contributed by atoms with Crippen molar-refractivity contribution in [1.82, 2.24) is 29.7 Å².